The number of carbonyl (C=O) groups is 1. The average molecular weight is 480 g/mol. The Bertz CT molecular complexity index is 1150. The number of nitrogens with zero attached hydrogens (tertiary/aromatic N) is 4. The lowest BCUT2D eigenvalue weighted by atomic mass is 10.2. The molecule has 170 valence electrons. The molecule has 0 bridgehead atoms. The molecule has 0 aliphatic rings. The van der Waals surface area contributed by atoms with E-state index in [1.807, 2.05) is 0 Å². The van der Waals surface area contributed by atoms with E-state index < -0.39 is 43.5 Å². The molecule has 0 saturated heterocycles. The topological polar surface area (TPSA) is 115 Å². The van der Waals surface area contributed by atoms with Crippen molar-refractivity contribution in [2.75, 3.05) is 10.6 Å². The number of benzene rings is 1. The number of sulfonamides is 1. The van der Waals surface area contributed by atoms with Crippen LogP contribution in [0.15, 0.2) is 23.1 Å². The van der Waals surface area contributed by atoms with Crippen LogP contribution in [0.1, 0.15) is 23.9 Å². The Hall–Kier alpha value is -2.61. The number of halogens is 3. The summed E-state index contributed by atoms with van der Waals surface area (Å²) >= 11 is 0.592. The quantitative estimate of drug-likeness (QED) is 0.353. The van der Waals surface area contributed by atoms with Gasteiger partial charge in [-0.2, -0.15) is 18.3 Å². The van der Waals surface area contributed by atoms with E-state index in [2.05, 4.69) is 5.10 Å². The van der Waals surface area contributed by atoms with Gasteiger partial charge in [-0.3, -0.25) is 19.6 Å². The molecule has 1 atom stereocenters. The predicted octanol–water partition coefficient (Wildman–Crippen LogP) is 3.44. The van der Waals surface area contributed by atoms with Crippen LogP contribution in [0.4, 0.5) is 24.5 Å². The summed E-state index contributed by atoms with van der Waals surface area (Å²) in [4.78, 5) is 23.1. The molecule has 0 saturated carbocycles. The van der Waals surface area contributed by atoms with Gasteiger partial charge in [0.1, 0.15) is 5.69 Å². The van der Waals surface area contributed by atoms with Crippen LogP contribution in [0.25, 0.3) is 0 Å². The van der Waals surface area contributed by atoms with Gasteiger partial charge in [-0.1, -0.05) is 0 Å². The van der Waals surface area contributed by atoms with Crippen molar-refractivity contribution in [3.05, 3.63) is 45.3 Å². The monoisotopic (exact) mass is 480 g/mol. The standard InChI is InChI=1S/C17H19F3N4O5S2/c1-9-15(10(2)22(4)21-9)23(31(5,28)29)16(25)11(3)30-14-7-6-12(17(18,19)20)8-13(14)24(26)27/h6-8,11H,1-5H3. The van der Waals surface area contributed by atoms with Crippen LogP contribution in [0.2, 0.25) is 0 Å². The highest BCUT2D eigenvalue weighted by atomic mass is 32.2. The summed E-state index contributed by atoms with van der Waals surface area (Å²) in [7, 11) is -2.53. The van der Waals surface area contributed by atoms with Gasteiger partial charge in [-0.05, 0) is 32.9 Å². The second-order valence-corrected chi connectivity index (χ2v) is 9.92. The number of thioether (sulfide) groups is 1. The number of carbonyl (C=O) groups excluding carboxylic acids is 1. The lowest BCUT2D eigenvalue weighted by Crippen LogP contribution is -2.41. The summed E-state index contributed by atoms with van der Waals surface area (Å²) in [6.45, 7) is 4.40. The van der Waals surface area contributed by atoms with Gasteiger partial charge in [0.2, 0.25) is 10.0 Å². The minimum atomic E-state index is -4.78. The first-order valence-electron chi connectivity index (χ1n) is 8.62. The van der Waals surface area contributed by atoms with Crippen molar-refractivity contribution in [2.24, 2.45) is 7.05 Å². The number of hydrogen-bond donors (Lipinski definition) is 0. The number of hydrogen-bond acceptors (Lipinski definition) is 7. The molecule has 9 nitrogen and oxygen atoms in total. The van der Waals surface area contributed by atoms with E-state index in [-0.39, 0.29) is 16.3 Å². The van der Waals surface area contributed by atoms with Gasteiger partial charge >= 0.3 is 6.18 Å². The van der Waals surface area contributed by atoms with Crippen LogP contribution < -0.4 is 4.31 Å². The van der Waals surface area contributed by atoms with Crippen LogP contribution in [0, 0.1) is 24.0 Å². The molecule has 0 spiro atoms. The molecule has 1 aromatic carbocycles. The number of nitro groups is 1. The van der Waals surface area contributed by atoms with Gasteiger partial charge in [-0.25, -0.2) is 12.7 Å². The molecule has 0 aliphatic carbocycles. The largest absolute Gasteiger partial charge is 0.416 e. The fourth-order valence-electron chi connectivity index (χ4n) is 2.84. The number of alkyl halides is 3. The van der Waals surface area contributed by atoms with E-state index in [0.29, 0.717) is 33.9 Å². The Morgan fingerprint density at radius 2 is 1.90 bits per heavy atom. The second kappa shape index (κ2) is 8.49. The van der Waals surface area contributed by atoms with Crippen molar-refractivity contribution in [3.8, 4) is 0 Å². The molecule has 0 N–H and O–H groups in total. The van der Waals surface area contributed by atoms with E-state index in [4.69, 9.17) is 0 Å². The minimum absolute atomic E-state index is 0.0596. The van der Waals surface area contributed by atoms with Crippen LogP contribution in [0.5, 0.6) is 0 Å². The van der Waals surface area contributed by atoms with Crippen LogP contribution >= 0.6 is 11.8 Å². The van der Waals surface area contributed by atoms with Gasteiger partial charge in [0.15, 0.2) is 0 Å². The first-order valence-corrected chi connectivity index (χ1v) is 11.3. The van der Waals surface area contributed by atoms with Crippen molar-refractivity contribution in [3.63, 3.8) is 0 Å². The van der Waals surface area contributed by atoms with Crippen molar-refractivity contribution >= 4 is 39.1 Å². The summed E-state index contributed by atoms with van der Waals surface area (Å²) in [6.07, 6.45) is -3.95. The third kappa shape index (κ3) is 5.18. The predicted molar refractivity (Wildman–Crippen MR) is 108 cm³/mol. The van der Waals surface area contributed by atoms with Crippen molar-refractivity contribution in [1.82, 2.24) is 9.78 Å². The zero-order valence-electron chi connectivity index (χ0n) is 17.1. The normalized spacial score (nSPS) is 13.2. The van der Waals surface area contributed by atoms with E-state index in [1.165, 1.54) is 18.5 Å². The number of rotatable bonds is 6. The Kier molecular flexibility index (Phi) is 6.76. The molecular weight excluding hydrogens is 461 g/mol. The SMILES string of the molecule is Cc1nn(C)c(C)c1N(C(=O)C(C)Sc1ccc(C(F)(F)F)cc1[N+](=O)[O-])S(C)(=O)=O. The molecule has 2 rings (SSSR count). The van der Waals surface area contributed by atoms with E-state index in [1.54, 1.807) is 14.0 Å². The van der Waals surface area contributed by atoms with Crippen LogP contribution in [0.3, 0.4) is 0 Å². The Balaban J connectivity index is 2.47. The Morgan fingerprint density at radius 1 is 1.32 bits per heavy atom. The van der Waals surface area contributed by atoms with Crippen LogP contribution in [-0.4, -0.2) is 40.5 Å². The van der Waals surface area contributed by atoms with Crippen molar-refractivity contribution < 1.29 is 31.3 Å². The van der Waals surface area contributed by atoms with Crippen molar-refractivity contribution in [1.29, 1.82) is 0 Å². The molecule has 1 heterocycles. The highest BCUT2D eigenvalue weighted by Gasteiger charge is 2.36. The molecule has 1 amide bonds. The molecule has 14 heteroatoms. The maximum absolute atomic E-state index is 13.1. The molecule has 0 fully saturated rings. The Labute approximate surface area is 180 Å². The first kappa shape index (κ1) is 24.7. The van der Waals surface area contributed by atoms with E-state index in [0.717, 1.165) is 12.3 Å². The highest BCUT2D eigenvalue weighted by molar-refractivity contribution is 8.01. The minimum Gasteiger partial charge on any atom is -0.272 e. The van der Waals surface area contributed by atoms with Gasteiger partial charge in [0.05, 0.1) is 38.3 Å². The second-order valence-electron chi connectivity index (χ2n) is 6.71. The molecule has 0 radical (unpaired) electrons. The van der Waals surface area contributed by atoms with Crippen molar-refractivity contribution in [2.45, 2.75) is 37.1 Å². The summed E-state index contributed by atoms with van der Waals surface area (Å²) in [5, 5.41) is 14.2. The molecule has 0 aliphatic heterocycles. The smallest absolute Gasteiger partial charge is 0.272 e. The maximum atomic E-state index is 13.1. The highest BCUT2D eigenvalue weighted by Crippen LogP contribution is 2.39. The number of anilines is 1. The number of aryl methyl sites for hydroxylation is 2. The lowest BCUT2D eigenvalue weighted by Gasteiger charge is -2.24. The molecule has 2 aromatic rings. The molecule has 1 unspecified atom stereocenters. The first-order chi connectivity index (χ1) is 14.1. The van der Waals surface area contributed by atoms with Gasteiger partial charge in [0.25, 0.3) is 11.6 Å². The number of amides is 1. The third-order valence-corrected chi connectivity index (χ3v) is 6.52. The summed E-state index contributed by atoms with van der Waals surface area (Å²) in [6, 6.07) is 1.93. The van der Waals surface area contributed by atoms with Crippen LogP contribution in [-0.2, 0) is 28.0 Å². The summed E-state index contributed by atoms with van der Waals surface area (Å²) < 4.78 is 65.4. The number of aromatic nitrogens is 2. The molecule has 1 aromatic heterocycles. The number of nitro benzene ring substituents is 1. The zero-order valence-corrected chi connectivity index (χ0v) is 18.7. The van der Waals surface area contributed by atoms with Gasteiger partial charge < -0.3 is 0 Å². The fourth-order valence-corrected chi connectivity index (χ4v) is 4.97. The average Bonchev–Trinajstić information content (AvgIpc) is 2.86. The zero-order chi connectivity index (χ0) is 23.9. The fraction of sp³-hybridized carbons (Fsp3) is 0.412. The van der Waals surface area contributed by atoms with E-state index >= 15 is 0 Å². The lowest BCUT2D eigenvalue weighted by molar-refractivity contribution is -0.388. The molecule has 31 heavy (non-hydrogen) atoms. The van der Waals surface area contributed by atoms with Gasteiger partial charge in [0, 0.05) is 13.1 Å². The Morgan fingerprint density at radius 3 is 2.32 bits per heavy atom. The van der Waals surface area contributed by atoms with E-state index in [9.17, 15) is 36.5 Å². The summed E-state index contributed by atoms with van der Waals surface area (Å²) in [5.74, 6) is -0.916. The third-order valence-electron chi connectivity index (χ3n) is 4.34. The molecular formula is C17H19F3N4O5S2. The maximum Gasteiger partial charge on any atom is 0.416 e. The van der Waals surface area contributed by atoms with Gasteiger partial charge in [-0.15, -0.1) is 11.8 Å². The summed E-state index contributed by atoms with van der Waals surface area (Å²) in [5.41, 5.74) is -1.31.